The van der Waals surface area contributed by atoms with Crippen molar-refractivity contribution in [3.8, 4) is 0 Å². The van der Waals surface area contributed by atoms with Gasteiger partial charge >= 0.3 is 5.97 Å². The summed E-state index contributed by atoms with van der Waals surface area (Å²) in [6.45, 7) is 10.6. The molecular weight excluding hydrogens is 334 g/mol. The second kappa shape index (κ2) is 8.91. The van der Waals surface area contributed by atoms with Gasteiger partial charge in [0.1, 0.15) is 11.4 Å². The number of anilines is 1. The average Bonchev–Trinajstić information content (AvgIpc) is 2.54. The molecule has 0 saturated carbocycles. The van der Waals surface area contributed by atoms with Crippen LogP contribution in [-0.4, -0.2) is 53.7 Å². The van der Waals surface area contributed by atoms with E-state index in [4.69, 9.17) is 9.47 Å². The lowest BCUT2D eigenvalue weighted by molar-refractivity contribution is -0.148. The van der Waals surface area contributed by atoms with Gasteiger partial charge in [0.15, 0.2) is 0 Å². The van der Waals surface area contributed by atoms with Crippen molar-refractivity contribution in [3.05, 3.63) is 29.5 Å². The minimum absolute atomic E-state index is 0.169. The lowest BCUT2D eigenvalue weighted by Crippen LogP contribution is -2.36. The van der Waals surface area contributed by atoms with E-state index in [1.165, 1.54) is 13.0 Å². The van der Waals surface area contributed by atoms with Crippen LogP contribution >= 0.6 is 0 Å². The Bertz CT molecular complexity index is 674. The van der Waals surface area contributed by atoms with Gasteiger partial charge in [-0.15, -0.1) is 0 Å². The highest BCUT2D eigenvalue weighted by atomic mass is 16.6. The number of ether oxygens (including phenoxy) is 2. The molecule has 0 radical (unpaired) electrons. The van der Waals surface area contributed by atoms with Gasteiger partial charge in [0.25, 0.3) is 0 Å². The molecule has 1 fully saturated rings. The molecule has 0 atom stereocenters. The third-order valence-electron chi connectivity index (χ3n) is 3.60. The first kappa shape index (κ1) is 20.1. The number of carbonyl (C=O) groups excluding carboxylic acids is 2. The molecule has 1 aliphatic rings. The first-order valence-electron chi connectivity index (χ1n) is 8.70. The molecule has 1 saturated heterocycles. The van der Waals surface area contributed by atoms with E-state index in [9.17, 15) is 9.59 Å². The van der Waals surface area contributed by atoms with Gasteiger partial charge in [0.2, 0.25) is 5.91 Å². The largest absolute Gasteiger partial charge is 0.457 e. The zero-order valence-corrected chi connectivity index (χ0v) is 15.9. The third-order valence-corrected chi connectivity index (χ3v) is 3.60. The van der Waals surface area contributed by atoms with Crippen LogP contribution in [0.4, 0.5) is 5.82 Å². The fourth-order valence-corrected chi connectivity index (χ4v) is 2.52. The Labute approximate surface area is 154 Å². The van der Waals surface area contributed by atoms with Gasteiger partial charge in [0, 0.05) is 44.4 Å². The fourth-order valence-electron chi connectivity index (χ4n) is 2.52. The van der Waals surface area contributed by atoms with E-state index < -0.39 is 11.6 Å². The molecule has 26 heavy (non-hydrogen) atoms. The van der Waals surface area contributed by atoms with Crippen LogP contribution in [0, 0.1) is 0 Å². The predicted octanol–water partition coefficient (Wildman–Crippen LogP) is 2.23. The summed E-state index contributed by atoms with van der Waals surface area (Å²) in [4.78, 5) is 29.9. The molecule has 7 nitrogen and oxygen atoms in total. The molecule has 0 bridgehead atoms. The van der Waals surface area contributed by atoms with E-state index in [1.807, 2.05) is 26.8 Å². The van der Waals surface area contributed by atoms with Crippen LogP contribution in [0.15, 0.2) is 18.3 Å². The van der Waals surface area contributed by atoms with Crippen LogP contribution in [0.3, 0.4) is 0 Å². The maximum atomic E-state index is 11.8. The molecule has 1 amide bonds. The average molecular weight is 361 g/mol. The first-order chi connectivity index (χ1) is 12.2. The highest BCUT2D eigenvalue weighted by molar-refractivity contribution is 5.89. The zero-order valence-electron chi connectivity index (χ0n) is 15.9. The summed E-state index contributed by atoms with van der Waals surface area (Å²) in [5.74, 6) is -0.0330. The van der Waals surface area contributed by atoms with Crippen LogP contribution in [-0.2, 0) is 25.6 Å². The standard InChI is InChI=1S/C19H27N3O4/c1-14(23)21-18-16(13-22-7-9-25-10-8-22)11-15(12-20-18)5-6-17(24)26-19(2,3)4/h5-6,11-12H,7-10,13H2,1-4H3,(H,20,21,23). The predicted molar refractivity (Wildman–Crippen MR) is 99.5 cm³/mol. The van der Waals surface area contributed by atoms with E-state index in [1.54, 1.807) is 12.3 Å². The highest BCUT2D eigenvalue weighted by Crippen LogP contribution is 2.19. The molecule has 2 heterocycles. The van der Waals surface area contributed by atoms with Crippen molar-refractivity contribution < 1.29 is 19.1 Å². The van der Waals surface area contributed by atoms with Gasteiger partial charge in [-0.1, -0.05) is 0 Å². The lowest BCUT2D eigenvalue weighted by atomic mass is 10.1. The molecule has 0 aromatic carbocycles. The summed E-state index contributed by atoms with van der Waals surface area (Å²) in [6, 6.07) is 1.93. The Morgan fingerprint density at radius 1 is 1.35 bits per heavy atom. The number of esters is 1. The molecule has 142 valence electrons. The molecule has 2 rings (SSSR count). The van der Waals surface area contributed by atoms with Gasteiger partial charge in [-0.05, 0) is 38.5 Å². The number of hydrogen-bond donors (Lipinski definition) is 1. The number of pyridine rings is 1. The van der Waals surface area contributed by atoms with Crippen molar-refractivity contribution in [1.29, 1.82) is 0 Å². The van der Waals surface area contributed by atoms with Crippen LogP contribution in [0.5, 0.6) is 0 Å². The molecule has 0 unspecified atom stereocenters. The second-order valence-electron chi connectivity index (χ2n) is 7.21. The molecular formula is C19H27N3O4. The molecule has 7 heteroatoms. The van der Waals surface area contributed by atoms with Crippen molar-refractivity contribution in [2.45, 2.75) is 39.8 Å². The van der Waals surface area contributed by atoms with Gasteiger partial charge < -0.3 is 14.8 Å². The van der Waals surface area contributed by atoms with Crippen LogP contribution in [0.25, 0.3) is 6.08 Å². The summed E-state index contributed by atoms with van der Waals surface area (Å²) in [5, 5.41) is 2.76. The summed E-state index contributed by atoms with van der Waals surface area (Å²) < 4.78 is 10.6. The van der Waals surface area contributed by atoms with E-state index in [-0.39, 0.29) is 5.91 Å². The molecule has 0 aliphatic carbocycles. The number of amides is 1. The van der Waals surface area contributed by atoms with E-state index in [0.29, 0.717) is 25.6 Å². The smallest absolute Gasteiger partial charge is 0.331 e. The van der Waals surface area contributed by atoms with Crippen LogP contribution in [0.1, 0.15) is 38.8 Å². The molecule has 1 aromatic rings. The Hall–Kier alpha value is -2.25. The Kier molecular flexibility index (Phi) is 6.88. The number of hydrogen-bond acceptors (Lipinski definition) is 6. The topological polar surface area (TPSA) is 80.8 Å². The molecule has 0 spiro atoms. The SMILES string of the molecule is CC(=O)Nc1ncc(C=CC(=O)OC(C)(C)C)cc1CN1CCOCC1. The van der Waals surface area contributed by atoms with Gasteiger partial charge in [0.05, 0.1) is 13.2 Å². The third kappa shape index (κ3) is 6.93. The van der Waals surface area contributed by atoms with Crippen molar-refractivity contribution in [1.82, 2.24) is 9.88 Å². The van der Waals surface area contributed by atoms with Crippen molar-refractivity contribution in [3.63, 3.8) is 0 Å². The summed E-state index contributed by atoms with van der Waals surface area (Å²) >= 11 is 0. The summed E-state index contributed by atoms with van der Waals surface area (Å²) in [6.07, 6.45) is 4.68. The minimum Gasteiger partial charge on any atom is -0.457 e. The molecule has 1 aromatic heterocycles. The van der Waals surface area contributed by atoms with Crippen molar-refractivity contribution in [2.75, 3.05) is 31.6 Å². The maximum absolute atomic E-state index is 11.8. The minimum atomic E-state index is -0.531. The summed E-state index contributed by atoms with van der Waals surface area (Å²) in [5.41, 5.74) is 1.14. The normalized spacial score (nSPS) is 15.8. The molecule has 1 aliphatic heterocycles. The van der Waals surface area contributed by atoms with Crippen molar-refractivity contribution in [2.24, 2.45) is 0 Å². The number of nitrogens with one attached hydrogen (secondary N) is 1. The van der Waals surface area contributed by atoms with E-state index in [0.717, 1.165) is 24.2 Å². The Morgan fingerprint density at radius 3 is 2.65 bits per heavy atom. The number of nitrogens with zero attached hydrogens (tertiary/aromatic N) is 2. The van der Waals surface area contributed by atoms with Crippen LogP contribution in [0.2, 0.25) is 0 Å². The van der Waals surface area contributed by atoms with Gasteiger partial charge in [-0.2, -0.15) is 0 Å². The number of rotatable bonds is 5. The van der Waals surface area contributed by atoms with E-state index >= 15 is 0 Å². The first-order valence-corrected chi connectivity index (χ1v) is 8.70. The monoisotopic (exact) mass is 361 g/mol. The van der Waals surface area contributed by atoms with Crippen LogP contribution < -0.4 is 5.32 Å². The molecule has 1 N–H and O–H groups in total. The Morgan fingerprint density at radius 2 is 2.04 bits per heavy atom. The zero-order chi connectivity index (χ0) is 19.2. The quantitative estimate of drug-likeness (QED) is 0.640. The summed E-state index contributed by atoms with van der Waals surface area (Å²) in [7, 11) is 0. The van der Waals surface area contributed by atoms with Crippen molar-refractivity contribution >= 4 is 23.8 Å². The number of morpholine rings is 1. The number of carbonyl (C=O) groups is 2. The Balaban J connectivity index is 2.15. The second-order valence-corrected chi connectivity index (χ2v) is 7.21. The maximum Gasteiger partial charge on any atom is 0.331 e. The number of aromatic nitrogens is 1. The van der Waals surface area contributed by atoms with Gasteiger partial charge in [-0.3, -0.25) is 9.69 Å². The lowest BCUT2D eigenvalue weighted by Gasteiger charge is -2.27. The fraction of sp³-hybridized carbons (Fsp3) is 0.526. The highest BCUT2D eigenvalue weighted by Gasteiger charge is 2.16. The van der Waals surface area contributed by atoms with Gasteiger partial charge in [-0.25, -0.2) is 9.78 Å². The van der Waals surface area contributed by atoms with E-state index in [2.05, 4.69) is 15.2 Å².